The number of carbonyl (C=O) groups excluding carboxylic acids is 3. The van der Waals surface area contributed by atoms with Crippen LogP contribution in [0.3, 0.4) is 0 Å². The lowest BCUT2D eigenvalue weighted by Gasteiger charge is -2.33. The van der Waals surface area contributed by atoms with Crippen molar-refractivity contribution in [3.8, 4) is 0 Å². The fourth-order valence-electron chi connectivity index (χ4n) is 4.26. The Morgan fingerprint density at radius 1 is 1.26 bits per heavy atom. The number of likely N-dealkylation sites (N-methyl/N-ethyl adjacent to an activating group) is 2. The first-order valence-electron chi connectivity index (χ1n) is 10.0. The molecule has 0 fully saturated rings. The SMILES string of the molecule is CCN1C(=O)N[C@H](c2ccccc2C(F)(F)F)C2=C1CN([C@H](C(=O)NC)C(C)C)C2=O. The van der Waals surface area contributed by atoms with E-state index in [1.807, 2.05) is 0 Å². The number of halogens is 3. The zero-order chi connectivity index (χ0) is 23.1. The fraction of sp³-hybridized carbons (Fsp3) is 0.476. The van der Waals surface area contributed by atoms with Gasteiger partial charge in [-0.3, -0.25) is 14.5 Å². The standard InChI is InChI=1S/C21H25F3N4O3/c1-5-27-14-10-28(17(11(2)3)18(29)25-4)19(30)15(14)16(26-20(27)31)12-8-6-7-9-13(12)21(22,23)24/h6-9,11,16-17H,5,10H2,1-4H3,(H,25,29)(H,26,31)/t16-,17+/m1/s1. The first-order chi connectivity index (χ1) is 14.5. The highest BCUT2D eigenvalue weighted by atomic mass is 19.4. The Morgan fingerprint density at radius 3 is 2.45 bits per heavy atom. The molecule has 168 valence electrons. The average Bonchev–Trinajstić information content (AvgIpc) is 3.03. The van der Waals surface area contributed by atoms with E-state index in [-0.39, 0.29) is 36.1 Å². The normalized spacial score (nSPS) is 20.2. The van der Waals surface area contributed by atoms with Crippen LogP contribution in [0.5, 0.6) is 0 Å². The lowest BCUT2D eigenvalue weighted by Crippen LogP contribution is -2.50. The van der Waals surface area contributed by atoms with Gasteiger partial charge >= 0.3 is 12.2 Å². The van der Waals surface area contributed by atoms with E-state index >= 15 is 0 Å². The number of nitrogens with zero attached hydrogens (tertiary/aromatic N) is 2. The van der Waals surface area contributed by atoms with Crippen LogP contribution in [0.2, 0.25) is 0 Å². The van der Waals surface area contributed by atoms with Crippen LogP contribution in [0.4, 0.5) is 18.0 Å². The monoisotopic (exact) mass is 438 g/mol. The Balaban J connectivity index is 2.14. The predicted octanol–water partition coefficient (Wildman–Crippen LogP) is 2.66. The van der Waals surface area contributed by atoms with Crippen molar-refractivity contribution >= 4 is 17.8 Å². The van der Waals surface area contributed by atoms with Gasteiger partial charge in [-0.15, -0.1) is 0 Å². The van der Waals surface area contributed by atoms with Crippen LogP contribution in [0.15, 0.2) is 35.5 Å². The van der Waals surface area contributed by atoms with Crippen molar-refractivity contribution in [2.75, 3.05) is 20.1 Å². The fourth-order valence-corrected chi connectivity index (χ4v) is 4.26. The summed E-state index contributed by atoms with van der Waals surface area (Å²) in [5.41, 5.74) is -0.738. The molecule has 1 aromatic rings. The molecule has 2 N–H and O–H groups in total. The third kappa shape index (κ3) is 3.86. The zero-order valence-corrected chi connectivity index (χ0v) is 17.7. The lowest BCUT2D eigenvalue weighted by atomic mass is 9.91. The molecule has 0 radical (unpaired) electrons. The largest absolute Gasteiger partial charge is 0.416 e. The minimum absolute atomic E-state index is 0.0314. The number of hydrogen-bond acceptors (Lipinski definition) is 3. The third-order valence-electron chi connectivity index (χ3n) is 5.63. The first kappa shape index (κ1) is 22.6. The molecule has 0 aromatic heterocycles. The molecule has 4 amide bonds. The molecule has 31 heavy (non-hydrogen) atoms. The maximum atomic E-state index is 13.7. The van der Waals surface area contributed by atoms with E-state index in [0.717, 1.165) is 6.07 Å². The van der Waals surface area contributed by atoms with Crippen molar-refractivity contribution in [2.24, 2.45) is 5.92 Å². The highest BCUT2D eigenvalue weighted by Crippen LogP contribution is 2.42. The Kier molecular flexibility index (Phi) is 6.02. The van der Waals surface area contributed by atoms with Crippen LogP contribution in [-0.2, 0) is 15.8 Å². The van der Waals surface area contributed by atoms with Crippen molar-refractivity contribution in [3.63, 3.8) is 0 Å². The molecule has 1 aromatic carbocycles. The van der Waals surface area contributed by atoms with E-state index < -0.39 is 35.8 Å². The molecule has 2 heterocycles. The van der Waals surface area contributed by atoms with E-state index in [1.165, 1.54) is 35.0 Å². The Bertz CT molecular complexity index is 942. The van der Waals surface area contributed by atoms with Gasteiger partial charge in [-0.05, 0) is 24.5 Å². The van der Waals surface area contributed by atoms with Crippen LogP contribution < -0.4 is 10.6 Å². The molecule has 0 bridgehead atoms. The number of nitrogens with one attached hydrogen (secondary N) is 2. The number of benzene rings is 1. The number of amides is 4. The molecule has 2 aliphatic heterocycles. The number of urea groups is 1. The molecular formula is C21H25F3N4O3. The van der Waals surface area contributed by atoms with Gasteiger partial charge in [0.1, 0.15) is 6.04 Å². The van der Waals surface area contributed by atoms with Gasteiger partial charge in [0, 0.05) is 13.6 Å². The van der Waals surface area contributed by atoms with Crippen molar-refractivity contribution < 1.29 is 27.6 Å². The van der Waals surface area contributed by atoms with E-state index in [4.69, 9.17) is 0 Å². The van der Waals surface area contributed by atoms with Crippen molar-refractivity contribution in [1.82, 2.24) is 20.4 Å². The second-order valence-electron chi connectivity index (χ2n) is 7.81. The highest BCUT2D eigenvalue weighted by molar-refractivity contribution is 6.03. The number of hydrogen-bond donors (Lipinski definition) is 2. The summed E-state index contributed by atoms with van der Waals surface area (Å²) in [6.07, 6.45) is -4.66. The molecule has 0 unspecified atom stereocenters. The Morgan fingerprint density at radius 2 is 1.90 bits per heavy atom. The molecule has 3 rings (SSSR count). The quantitative estimate of drug-likeness (QED) is 0.742. The molecule has 0 spiro atoms. The minimum Gasteiger partial charge on any atom is -0.357 e. The molecule has 10 heteroatoms. The van der Waals surface area contributed by atoms with Crippen LogP contribution in [0, 0.1) is 5.92 Å². The molecule has 7 nitrogen and oxygen atoms in total. The first-order valence-corrected chi connectivity index (χ1v) is 10.0. The van der Waals surface area contributed by atoms with Gasteiger partial charge in [0.2, 0.25) is 5.91 Å². The third-order valence-corrected chi connectivity index (χ3v) is 5.63. The molecule has 2 aliphatic rings. The second-order valence-corrected chi connectivity index (χ2v) is 7.81. The van der Waals surface area contributed by atoms with Gasteiger partial charge in [-0.25, -0.2) is 4.79 Å². The van der Waals surface area contributed by atoms with E-state index in [9.17, 15) is 27.6 Å². The molecule has 0 saturated heterocycles. The van der Waals surface area contributed by atoms with Crippen molar-refractivity contribution in [1.29, 1.82) is 0 Å². The minimum atomic E-state index is -4.66. The number of carbonyl (C=O) groups is 3. The lowest BCUT2D eigenvalue weighted by molar-refractivity contribution is -0.139. The van der Waals surface area contributed by atoms with Crippen LogP contribution in [0.1, 0.15) is 37.9 Å². The summed E-state index contributed by atoms with van der Waals surface area (Å²) in [6.45, 7) is 5.46. The van der Waals surface area contributed by atoms with Gasteiger partial charge in [-0.1, -0.05) is 32.0 Å². The summed E-state index contributed by atoms with van der Waals surface area (Å²) in [6, 6.07) is 2.20. The van der Waals surface area contributed by atoms with Gasteiger partial charge in [0.05, 0.1) is 29.4 Å². The second kappa shape index (κ2) is 8.24. The van der Waals surface area contributed by atoms with E-state index in [0.29, 0.717) is 5.70 Å². The van der Waals surface area contributed by atoms with Crippen molar-refractivity contribution in [2.45, 2.75) is 39.0 Å². The maximum Gasteiger partial charge on any atom is 0.416 e. The molecule has 2 atom stereocenters. The smallest absolute Gasteiger partial charge is 0.357 e. The topological polar surface area (TPSA) is 81.8 Å². The van der Waals surface area contributed by atoms with Crippen LogP contribution >= 0.6 is 0 Å². The van der Waals surface area contributed by atoms with Gasteiger partial charge in [0.15, 0.2) is 0 Å². The number of alkyl halides is 3. The van der Waals surface area contributed by atoms with Crippen LogP contribution in [-0.4, -0.2) is 53.8 Å². The summed E-state index contributed by atoms with van der Waals surface area (Å²) in [5.74, 6) is -1.18. The Hall–Kier alpha value is -3.04. The maximum absolute atomic E-state index is 13.7. The summed E-state index contributed by atoms with van der Waals surface area (Å²) < 4.78 is 41.0. The van der Waals surface area contributed by atoms with E-state index in [1.54, 1.807) is 20.8 Å². The summed E-state index contributed by atoms with van der Waals surface area (Å²) >= 11 is 0. The van der Waals surface area contributed by atoms with Gasteiger partial charge in [-0.2, -0.15) is 13.2 Å². The number of rotatable bonds is 5. The molecule has 0 aliphatic carbocycles. The van der Waals surface area contributed by atoms with Crippen molar-refractivity contribution in [3.05, 3.63) is 46.7 Å². The van der Waals surface area contributed by atoms with Gasteiger partial charge in [0.25, 0.3) is 5.91 Å². The predicted molar refractivity (Wildman–Crippen MR) is 107 cm³/mol. The molecule has 0 saturated carbocycles. The summed E-state index contributed by atoms with van der Waals surface area (Å²) in [7, 11) is 1.46. The van der Waals surface area contributed by atoms with Gasteiger partial charge < -0.3 is 15.5 Å². The average molecular weight is 438 g/mol. The Labute approximate surface area is 178 Å². The summed E-state index contributed by atoms with van der Waals surface area (Å²) in [4.78, 5) is 41.3. The molecular weight excluding hydrogens is 413 g/mol. The van der Waals surface area contributed by atoms with Crippen LogP contribution in [0.25, 0.3) is 0 Å². The van der Waals surface area contributed by atoms with E-state index in [2.05, 4.69) is 10.6 Å². The summed E-state index contributed by atoms with van der Waals surface area (Å²) in [5, 5.41) is 5.10. The highest BCUT2D eigenvalue weighted by Gasteiger charge is 2.48. The zero-order valence-electron chi connectivity index (χ0n) is 17.7.